The van der Waals surface area contributed by atoms with Crippen LogP contribution in [0, 0.1) is 13.8 Å². The quantitative estimate of drug-likeness (QED) is 0.658. The molecule has 0 saturated carbocycles. The van der Waals surface area contributed by atoms with E-state index in [2.05, 4.69) is 30.9 Å². The maximum absolute atomic E-state index is 6.21. The molecule has 0 saturated heterocycles. The number of hydrogen-bond donors (Lipinski definition) is 0. The molecule has 0 amide bonds. The van der Waals surface area contributed by atoms with Gasteiger partial charge in [-0.05, 0) is 19.9 Å². The van der Waals surface area contributed by atoms with E-state index in [1.807, 2.05) is 19.9 Å². The van der Waals surface area contributed by atoms with Crippen molar-refractivity contribution in [1.82, 2.24) is 14.6 Å². The zero-order valence-corrected chi connectivity index (χ0v) is 11.1. The minimum Gasteiger partial charge on any atom is -0.233 e. The van der Waals surface area contributed by atoms with Crippen molar-refractivity contribution in [3.8, 4) is 0 Å². The Morgan fingerprint density at radius 3 is 2.44 bits per heavy atom. The summed E-state index contributed by atoms with van der Waals surface area (Å²) >= 11 is 6.21. The van der Waals surface area contributed by atoms with Crippen LogP contribution < -0.4 is 0 Å². The van der Waals surface area contributed by atoms with Gasteiger partial charge in [-0.2, -0.15) is 5.10 Å². The van der Waals surface area contributed by atoms with Crippen LogP contribution in [0.25, 0.3) is 5.65 Å². The van der Waals surface area contributed by atoms with Crippen LogP contribution in [0.2, 0.25) is 5.15 Å². The predicted octanol–water partition coefficient (Wildman–Crippen LogP) is 3.30. The second-order valence-corrected chi connectivity index (χ2v) is 5.55. The fraction of sp³-hybridized carbons (Fsp3) is 0.500. The van der Waals surface area contributed by atoms with Gasteiger partial charge in [0.05, 0.1) is 11.4 Å². The molecule has 16 heavy (non-hydrogen) atoms. The summed E-state index contributed by atoms with van der Waals surface area (Å²) in [7, 11) is 0. The van der Waals surface area contributed by atoms with Crippen molar-refractivity contribution >= 4 is 17.2 Å². The Balaban J connectivity index is 2.80. The third kappa shape index (κ3) is 1.69. The van der Waals surface area contributed by atoms with E-state index in [1.165, 1.54) is 0 Å². The molecule has 2 aromatic rings. The first-order chi connectivity index (χ1) is 7.30. The van der Waals surface area contributed by atoms with Gasteiger partial charge in [0.2, 0.25) is 0 Å². The molecule has 0 N–H and O–H groups in total. The maximum atomic E-state index is 6.21. The lowest BCUT2D eigenvalue weighted by Gasteiger charge is -2.18. The first kappa shape index (κ1) is 11.4. The van der Waals surface area contributed by atoms with Crippen molar-refractivity contribution in [3.63, 3.8) is 0 Å². The molecular weight excluding hydrogens is 222 g/mol. The predicted molar refractivity (Wildman–Crippen MR) is 66.2 cm³/mol. The van der Waals surface area contributed by atoms with E-state index < -0.39 is 0 Å². The number of rotatable bonds is 0. The Hall–Kier alpha value is -1.09. The minimum absolute atomic E-state index is 0.00396. The molecule has 0 aromatic carbocycles. The van der Waals surface area contributed by atoms with Crippen LogP contribution in [0.5, 0.6) is 0 Å². The summed E-state index contributed by atoms with van der Waals surface area (Å²) in [6, 6.07) is 1.89. The van der Waals surface area contributed by atoms with Crippen molar-refractivity contribution < 1.29 is 0 Å². The van der Waals surface area contributed by atoms with Crippen LogP contribution in [-0.4, -0.2) is 14.6 Å². The van der Waals surface area contributed by atoms with Gasteiger partial charge in [0.1, 0.15) is 5.15 Å². The monoisotopic (exact) mass is 237 g/mol. The molecule has 3 nitrogen and oxygen atoms in total. The van der Waals surface area contributed by atoms with E-state index in [-0.39, 0.29) is 5.41 Å². The second-order valence-electron chi connectivity index (χ2n) is 5.16. The smallest absolute Gasteiger partial charge is 0.160 e. The maximum Gasteiger partial charge on any atom is 0.160 e. The SMILES string of the molecule is Cc1nn2c(Cl)cc(C(C)(C)C)nc2c1C. The van der Waals surface area contributed by atoms with Crippen LogP contribution in [0.4, 0.5) is 0 Å². The van der Waals surface area contributed by atoms with Crippen molar-refractivity contribution in [1.29, 1.82) is 0 Å². The van der Waals surface area contributed by atoms with Gasteiger partial charge in [0.25, 0.3) is 0 Å². The molecule has 0 aliphatic rings. The summed E-state index contributed by atoms with van der Waals surface area (Å²) in [6.45, 7) is 10.4. The highest BCUT2D eigenvalue weighted by Gasteiger charge is 2.19. The number of fused-ring (bicyclic) bond motifs is 1. The molecule has 2 aromatic heterocycles. The molecule has 0 aliphatic carbocycles. The van der Waals surface area contributed by atoms with Gasteiger partial charge in [-0.25, -0.2) is 9.50 Å². The van der Waals surface area contributed by atoms with Gasteiger partial charge in [-0.1, -0.05) is 32.4 Å². The Labute approximate surface area is 100 Å². The van der Waals surface area contributed by atoms with Crippen LogP contribution in [0.3, 0.4) is 0 Å². The van der Waals surface area contributed by atoms with Crippen LogP contribution in [0.1, 0.15) is 37.7 Å². The Kier molecular flexibility index (Phi) is 2.46. The lowest BCUT2D eigenvalue weighted by molar-refractivity contribution is 0.568. The number of halogens is 1. The third-order valence-electron chi connectivity index (χ3n) is 2.78. The standard InChI is InChI=1S/C12H16ClN3/c1-7-8(2)15-16-10(13)6-9(12(3,4)5)14-11(7)16/h6H,1-5H3. The molecule has 0 spiro atoms. The largest absolute Gasteiger partial charge is 0.233 e. The Morgan fingerprint density at radius 1 is 1.25 bits per heavy atom. The molecule has 0 bridgehead atoms. The van der Waals surface area contributed by atoms with Crippen molar-refractivity contribution in [3.05, 3.63) is 28.2 Å². The van der Waals surface area contributed by atoms with E-state index in [9.17, 15) is 0 Å². The minimum atomic E-state index is -0.00396. The second kappa shape index (κ2) is 3.45. The molecule has 4 heteroatoms. The van der Waals surface area contributed by atoms with Crippen LogP contribution in [-0.2, 0) is 5.41 Å². The summed E-state index contributed by atoms with van der Waals surface area (Å²) in [6.07, 6.45) is 0. The van der Waals surface area contributed by atoms with E-state index in [1.54, 1.807) is 4.52 Å². The summed E-state index contributed by atoms with van der Waals surface area (Å²) in [5.74, 6) is 0. The summed E-state index contributed by atoms with van der Waals surface area (Å²) in [5, 5.41) is 4.97. The molecule has 2 heterocycles. The average Bonchev–Trinajstić information content (AvgIpc) is 2.44. The van der Waals surface area contributed by atoms with Gasteiger partial charge >= 0.3 is 0 Å². The Morgan fingerprint density at radius 2 is 1.88 bits per heavy atom. The zero-order chi connectivity index (χ0) is 12.1. The molecule has 0 radical (unpaired) electrons. The number of aryl methyl sites for hydroxylation is 2. The zero-order valence-electron chi connectivity index (χ0n) is 10.3. The lowest BCUT2D eigenvalue weighted by atomic mass is 9.92. The molecule has 0 aliphatic heterocycles. The van der Waals surface area contributed by atoms with E-state index in [4.69, 9.17) is 11.6 Å². The highest BCUT2D eigenvalue weighted by molar-refractivity contribution is 6.29. The van der Waals surface area contributed by atoms with Gasteiger partial charge < -0.3 is 0 Å². The highest BCUT2D eigenvalue weighted by atomic mass is 35.5. The van der Waals surface area contributed by atoms with E-state index in [0.717, 1.165) is 22.6 Å². The first-order valence-electron chi connectivity index (χ1n) is 5.33. The number of nitrogens with zero attached hydrogens (tertiary/aromatic N) is 3. The van der Waals surface area contributed by atoms with E-state index >= 15 is 0 Å². The molecule has 0 atom stereocenters. The Bertz CT molecular complexity index is 549. The molecule has 0 unspecified atom stereocenters. The van der Waals surface area contributed by atoms with Gasteiger partial charge in [-0.3, -0.25) is 0 Å². The van der Waals surface area contributed by atoms with Crippen LogP contribution in [0.15, 0.2) is 6.07 Å². The van der Waals surface area contributed by atoms with Gasteiger partial charge in [-0.15, -0.1) is 0 Å². The summed E-state index contributed by atoms with van der Waals surface area (Å²) in [4.78, 5) is 4.64. The fourth-order valence-electron chi connectivity index (χ4n) is 1.58. The van der Waals surface area contributed by atoms with Crippen molar-refractivity contribution in [2.45, 2.75) is 40.0 Å². The van der Waals surface area contributed by atoms with Gasteiger partial charge in [0, 0.05) is 11.0 Å². The van der Waals surface area contributed by atoms with Crippen molar-refractivity contribution in [2.24, 2.45) is 0 Å². The third-order valence-corrected chi connectivity index (χ3v) is 3.05. The van der Waals surface area contributed by atoms with E-state index in [0.29, 0.717) is 5.15 Å². The normalized spacial score (nSPS) is 12.4. The number of hydrogen-bond acceptors (Lipinski definition) is 2. The van der Waals surface area contributed by atoms with Crippen LogP contribution >= 0.6 is 11.6 Å². The number of aromatic nitrogens is 3. The summed E-state index contributed by atoms with van der Waals surface area (Å²) in [5.41, 5.74) is 3.91. The van der Waals surface area contributed by atoms with Gasteiger partial charge in [0.15, 0.2) is 5.65 Å². The van der Waals surface area contributed by atoms with Crippen molar-refractivity contribution in [2.75, 3.05) is 0 Å². The summed E-state index contributed by atoms with van der Waals surface area (Å²) < 4.78 is 1.70. The topological polar surface area (TPSA) is 30.2 Å². The lowest BCUT2D eigenvalue weighted by Crippen LogP contribution is -2.14. The molecule has 86 valence electrons. The average molecular weight is 238 g/mol. The molecular formula is C12H16ClN3. The first-order valence-corrected chi connectivity index (χ1v) is 5.71. The molecule has 2 rings (SSSR count). The fourth-order valence-corrected chi connectivity index (χ4v) is 1.80. The molecule has 0 fully saturated rings. The highest BCUT2D eigenvalue weighted by Crippen LogP contribution is 2.25.